The van der Waals surface area contributed by atoms with Gasteiger partial charge in [0.05, 0.1) is 5.69 Å². The van der Waals surface area contributed by atoms with Crippen molar-refractivity contribution in [1.82, 2.24) is 5.32 Å². The van der Waals surface area contributed by atoms with Crippen molar-refractivity contribution in [1.29, 1.82) is 0 Å². The fourth-order valence-electron chi connectivity index (χ4n) is 1.30. The van der Waals surface area contributed by atoms with Gasteiger partial charge in [-0.2, -0.15) is 0 Å². The van der Waals surface area contributed by atoms with Crippen molar-refractivity contribution in [2.24, 2.45) is 0 Å². The van der Waals surface area contributed by atoms with Crippen molar-refractivity contribution in [3.8, 4) is 5.75 Å². The molecule has 0 saturated heterocycles. The molecule has 0 aliphatic rings. The van der Waals surface area contributed by atoms with Crippen LogP contribution in [0.2, 0.25) is 0 Å². The molecular weight excluding hydrogens is 204 g/mol. The molecule has 0 radical (unpaired) electrons. The van der Waals surface area contributed by atoms with Crippen LogP contribution in [0.4, 0.5) is 10.5 Å². The fraction of sp³-hybridized carbons (Fsp3) is 0.417. The van der Waals surface area contributed by atoms with Crippen LogP contribution in [0, 0.1) is 6.92 Å². The van der Waals surface area contributed by atoms with Crippen LogP contribution in [0.1, 0.15) is 25.3 Å². The van der Waals surface area contributed by atoms with E-state index in [9.17, 15) is 9.90 Å². The van der Waals surface area contributed by atoms with Gasteiger partial charge in [-0.3, -0.25) is 0 Å². The Bertz CT molecular complexity index is 364. The molecule has 0 heterocycles. The second-order valence-corrected chi connectivity index (χ2v) is 3.76. The zero-order valence-corrected chi connectivity index (χ0v) is 9.71. The number of aromatic hydroxyl groups is 1. The Labute approximate surface area is 95.7 Å². The first-order valence-corrected chi connectivity index (χ1v) is 5.48. The van der Waals surface area contributed by atoms with E-state index in [0.29, 0.717) is 12.2 Å². The second-order valence-electron chi connectivity index (χ2n) is 3.76. The number of rotatable bonds is 4. The van der Waals surface area contributed by atoms with Gasteiger partial charge in [0.2, 0.25) is 0 Å². The number of carbonyl (C=O) groups is 1. The monoisotopic (exact) mass is 222 g/mol. The molecule has 0 spiro atoms. The van der Waals surface area contributed by atoms with Crippen molar-refractivity contribution < 1.29 is 9.90 Å². The molecule has 16 heavy (non-hydrogen) atoms. The molecule has 0 aliphatic carbocycles. The number of phenols is 1. The number of hydrogen-bond donors (Lipinski definition) is 3. The number of hydrogen-bond acceptors (Lipinski definition) is 2. The Hall–Kier alpha value is -1.71. The smallest absolute Gasteiger partial charge is 0.319 e. The molecule has 0 atom stereocenters. The van der Waals surface area contributed by atoms with E-state index in [2.05, 4.69) is 17.6 Å². The van der Waals surface area contributed by atoms with Crippen LogP contribution in [-0.4, -0.2) is 17.7 Å². The lowest BCUT2D eigenvalue weighted by Crippen LogP contribution is -2.29. The zero-order valence-electron chi connectivity index (χ0n) is 9.71. The summed E-state index contributed by atoms with van der Waals surface area (Å²) in [5.41, 5.74) is 1.43. The highest BCUT2D eigenvalue weighted by atomic mass is 16.3. The molecule has 3 N–H and O–H groups in total. The lowest BCUT2D eigenvalue weighted by Gasteiger charge is -2.09. The molecule has 4 nitrogen and oxygen atoms in total. The molecular formula is C12H18N2O2. The normalized spacial score (nSPS) is 9.88. The number of carbonyl (C=O) groups excluding carboxylic acids is 1. The van der Waals surface area contributed by atoms with Gasteiger partial charge in [0, 0.05) is 6.54 Å². The SMILES string of the molecule is CCCCNC(=O)Nc1cc(C)ccc1O. The lowest BCUT2D eigenvalue weighted by atomic mass is 10.2. The largest absolute Gasteiger partial charge is 0.506 e. The van der Waals surface area contributed by atoms with Gasteiger partial charge < -0.3 is 15.7 Å². The van der Waals surface area contributed by atoms with Crippen molar-refractivity contribution >= 4 is 11.7 Å². The Morgan fingerprint density at radius 1 is 1.44 bits per heavy atom. The highest BCUT2D eigenvalue weighted by Gasteiger charge is 2.05. The number of nitrogens with one attached hydrogen (secondary N) is 2. The summed E-state index contributed by atoms with van der Waals surface area (Å²) in [5, 5.41) is 14.8. The number of amides is 2. The van der Waals surface area contributed by atoms with Crippen LogP contribution < -0.4 is 10.6 Å². The third-order valence-corrected chi connectivity index (χ3v) is 2.22. The summed E-state index contributed by atoms with van der Waals surface area (Å²) >= 11 is 0. The summed E-state index contributed by atoms with van der Waals surface area (Å²) in [6, 6.07) is 4.80. The molecule has 1 aromatic rings. The van der Waals surface area contributed by atoms with E-state index >= 15 is 0 Å². The maximum atomic E-state index is 11.4. The zero-order chi connectivity index (χ0) is 12.0. The predicted octanol–water partition coefficient (Wildman–Crippen LogP) is 2.62. The lowest BCUT2D eigenvalue weighted by molar-refractivity contribution is 0.252. The summed E-state index contributed by atoms with van der Waals surface area (Å²) in [6.07, 6.45) is 1.99. The van der Waals surface area contributed by atoms with Crippen molar-refractivity contribution in [2.75, 3.05) is 11.9 Å². The van der Waals surface area contributed by atoms with E-state index in [0.717, 1.165) is 18.4 Å². The van der Waals surface area contributed by atoms with E-state index in [-0.39, 0.29) is 11.8 Å². The number of aryl methyl sites for hydroxylation is 1. The number of anilines is 1. The summed E-state index contributed by atoms with van der Waals surface area (Å²) in [6.45, 7) is 4.61. The van der Waals surface area contributed by atoms with Crippen LogP contribution in [0.3, 0.4) is 0 Å². The first-order valence-electron chi connectivity index (χ1n) is 5.48. The highest BCUT2D eigenvalue weighted by molar-refractivity contribution is 5.90. The molecule has 0 aromatic heterocycles. The summed E-state index contributed by atoms with van der Waals surface area (Å²) < 4.78 is 0. The molecule has 0 aliphatic heterocycles. The molecule has 2 amide bonds. The van der Waals surface area contributed by atoms with Gasteiger partial charge in [0.25, 0.3) is 0 Å². The van der Waals surface area contributed by atoms with E-state index in [1.165, 1.54) is 0 Å². The molecule has 1 aromatic carbocycles. The van der Waals surface area contributed by atoms with E-state index in [1.807, 2.05) is 6.92 Å². The fourth-order valence-corrected chi connectivity index (χ4v) is 1.30. The topological polar surface area (TPSA) is 61.4 Å². The van der Waals surface area contributed by atoms with Gasteiger partial charge in [-0.15, -0.1) is 0 Å². The van der Waals surface area contributed by atoms with Crippen LogP contribution >= 0.6 is 0 Å². The minimum absolute atomic E-state index is 0.0799. The number of benzene rings is 1. The standard InChI is InChI=1S/C12H18N2O2/c1-3-4-7-13-12(16)14-10-8-9(2)5-6-11(10)15/h5-6,8,15H,3-4,7H2,1-2H3,(H2,13,14,16). The first kappa shape index (κ1) is 12.4. The summed E-state index contributed by atoms with van der Waals surface area (Å²) in [4.78, 5) is 11.4. The van der Waals surface area contributed by atoms with Crippen LogP contribution in [0.15, 0.2) is 18.2 Å². The molecule has 0 bridgehead atoms. The molecule has 0 saturated carbocycles. The average Bonchev–Trinajstić information content (AvgIpc) is 2.24. The maximum absolute atomic E-state index is 11.4. The van der Waals surface area contributed by atoms with Crippen molar-refractivity contribution in [3.05, 3.63) is 23.8 Å². The minimum atomic E-state index is -0.283. The number of phenolic OH excluding ortho intramolecular Hbond substituents is 1. The first-order chi connectivity index (χ1) is 7.63. The minimum Gasteiger partial charge on any atom is -0.506 e. The Balaban J connectivity index is 2.52. The molecule has 0 fully saturated rings. The number of unbranched alkanes of at least 4 members (excludes halogenated alkanes) is 1. The Kier molecular flexibility index (Phi) is 4.64. The van der Waals surface area contributed by atoms with Crippen LogP contribution in [-0.2, 0) is 0 Å². The van der Waals surface area contributed by atoms with Crippen LogP contribution in [0.5, 0.6) is 5.75 Å². The van der Waals surface area contributed by atoms with Gasteiger partial charge in [-0.05, 0) is 31.0 Å². The second kappa shape index (κ2) is 6.00. The maximum Gasteiger partial charge on any atom is 0.319 e. The molecule has 4 heteroatoms. The average molecular weight is 222 g/mol. The highest BCUT2D eigenvalue weighted by Crippen LogP contribution is 2.23. The van der Waals surface area contributed by atoms with Crippen LogP contribution in [0.25, 0.3) is 0 Å². The van der Waals surface area contributed by atoms with E-state index < -0.39 is 0 Å². The van der Waals surface area contributed by atoms with Crippen molar-refractivity contribution in [2.45, 2.75) is 26.7 Å². The van der Waals surface area contributed by atoms with Gasteiger partial charge in [-0.1, -0.05) is 19.4 Å². The summed E-state index contributed by atoms with van der Waals surface area (Å²) in [5.74, 6) is 0.0799. The molecule has 0 unspecified atom stereocenters. The van der Waals surface area contributed by atoms with Gasteiger partial charge in [0.1, 0.15) is 5.75 Å². The van der Waals surface area contributed by atoms with Gasteiger partial charge in [-0.25, -0.2) is 4.79 Å². The van der Waals surface area contributed by atoms with E-state index in [4.69, 9.17) is 0 Å². The molecule has 1 rings (SSSR count). The van der Waals surface area contributed by atoms with Gasteiger partial charge in [0.15, 0.2) is 0 Å². The summed E-state index contributed by atoms with van der Waals surface area (Å²) in [7, 11) is 0. The van der Waals surface area contributed by atoms with E-state index in [1.54, 1.807) is 18.2 Å². The van der Waals surface area contributed by atoms with Gasteiger partial charge >= 0.3 is 6.03 Å². The Morgan fingerprint density at radius 2 is 2.19 bits per heavy atom. The predicted molar refractivity (Wildman–Crippen MR) is 64.8 cm³/mol. The number of urea groups is 1. The third kappa shape index (κ3) is 3.81. The third-order valence-electron chi connectivity index (χ3n) is 2.22. The Morgan fingerprint density at radius 3 is 2.88 bits per heavy atom. The quantitative estimate of drug-likeness (QED) is 0.541. The molecule has 88 valence electrons. The van der Waals surface area contributed by atoms with Crippen molar-refractivity contribution in [3.63, 3.8) is 0 Å².